The predicted molar refractivity (Wildman–Crippen MR) is 158 cm³/mol. The molecule has 2 aliphatic rings. The second kappa shape index (κ2) is 16.7. The van der Waals surface area contributed by atoms with Gasteiger partial charge in [0.05, 0.1) is 52.7 Å². The van der Waals surface area contributed by atoms with Gasteiger partial charge < -0.3 is 35.3 Å². The highest BCUT2D eigenvalue weighted by Crippen LogP contribution is 2.29. The molecule has 2 heterocycles. The molecule has 2 aromatic rings. The number of Topliss-reactive ketones (excluding diaryl/α,β-unsaturated/α-hetero) is 1. The molecule has 12 heteroatoms. The van der Waals surface area contributed by atoms with E-state index in [-0.39, 0.29) is 18.7 Å². The molecule has 2 aromatic carbocycles. The Kier molecular flexibility index (Phi) is 13.1. The number of aliphatic hydroxyl groups is 1. The summed E-state index contributed by atoms with van der Waals surface area (Å²) in [7, 11) is 1.67. The number of ether oxygens (including phenoxy) is 3. The first-order valence-corrected chi connectivity index (χ1v) is 14.2. The number of nitrogens with one attached hydrogen (secondary N) is 3. The minimum absolute atomic E-state index is 0.0811. The van der Waals surface area contributed by atoms with Crippen molar-refractivity contribution in [3.63, 3.8) is 0 Å². The number of amides is 3. The lowest BCUT2D eigenvalue weighted by molar-refractivity contribution is -0.133. The largest absolute Gasteiger partial charge is 0.497 e. The van der Waals surface area contributed by atoms with E-state index in [1.807, 2.05) is 59.5 Å². The third kappa shape index (κ3) is 11.4. The van der Waals surface area contributed by atoms with Gasteiger partial charge in [0.2, 0.25) is 17.7 Å². The first-order valence-electron chi connectivity index (χ1n) is 14.2. The van der Waals surface area contributed by atoms with Crippen LogP contribution in [0.1, 0.15) is 18.1 Å². The highest BCUT2D eigenvalue weighted by atomic mass is 16.6. The van der Waals surface area contributed by atoms with Gasteiger partial charge in [0, 0.05) is 13.1 Å². The number of carbonyl (C=O) groups is 4. The van der Waals surface area contributed by atoms with Gasteiger partial charge in [-0.1, -0.05) is 48.0 Å². The molecule has 0 spiro atoms. The van der Waals surface area contributed by atoms with Gasteiger partial charge in [0.1, 0.15) is 17.4 Å². The molecule has 0 aliphatic carbocycles. The Hall–Kier alpha value is -3.84. The SMILES string of the molecule is CC1(C(=O)C(Cc2ccccc2)NC(=O)CNC(=O)C(CO)NC(=O)CN2CCOCC2)CO1.COc1ccc(C)cc1. The number of rotatable bonds is 13. The lowest BCUT2D eigenvalue weighted by Crippen LogP contribution is -2.54. The van der Waals surface area contributed by atoms with Gasteiger partial charge in [-0.2, -0.15) is 0 Å². The summed E-state index contributed by atoms with van der Waals surface area (Å²) >= 11 is 0. The average Bonchev–Trinajstić information content (AvgIpc) is 3.78. The zero-order valence-electron chi connectivity index (χ0n) is 25.0. The standard InChI is InChI=1S/C23H32N4O7.C8H10O/c1-23(15-34-23)21(31)17(11-16-5-3-2-4-6-16)25-19(29)12-24-22(32)18(14-28)26-20(30)13-27-7-9-33-10-8-27;1-7-3-5-8(9-2)6-4-7/h2-6,17-18,28H,7-15H2,1H3,(H,24,32)(H,25,29)(H,26,30);3-6H,1-2H3. The molecule has 3 amide bonds. The van der Waals surface area contributed by atoms with Crippen molar-refractivity contribution in [3.05, 3.63) is 65.7 Å². The van der Waals surface area contributed by atoms with E-state index >= 15 is 0 Å². The van der Waals surface area contributed by atoms with Crippen molar-refractivity contribution >= 4 is 23.5 Å². The van der Waals surface area contributed by atoms with Gasteiger partial charge in [-0.05, 0) is 38.0 Å². The average molecular weight is 599 g/mol. The fourth-order valence-electron chi connectivity index (χ4n) is 4.28. The molecule has 4 N–H and O–H groups in total. The number of benzene rings is 2. The van der Waals surface area contributed by atoms with Crippen LogP contribution in [0.3, 0.4) is 0 Å². The molecule has 2 fully saturated rings. The van der Waals surface area contributed by atoms with Crippen molar-refractivity contribution in [1.29, 1.82) is 0 Å². The number of hydrogen-bond donors (Lipinski definition) is 4. The van der Waals surface area contributed by atoms with Crippen LogP contribution in [0.15, 0.2) is 54.6 Å². The van der Waals surface area contributed by atoms with Crippen molar-refractivity contribution in [2.75, 3.05) is 59.7 Å². The van der Waals surface area contributed by atoms with Crippen LogP contribution in [0.2, 0.25) is 0 Å². The topological polar surface area (TPSA) is 159 Å². The first kappa shape index (κ1) is 33.7. The minimum atomic E-state index is -1.19. The van der Waals surface area contributed by atoms with Crippen LogP contribution < -0.4 is 20.7 Å². The number of aliphatic hydroxyl groups excluding tert-OH is 1. The smallest absolute Gasteiger partial charge is 0.245 e. The van der Waals surface area contributed by atoms with E-state index in [4.69, 9.17) is 14.2 Å². The molecule has 0 saturated carbocycles. The quantitative estimate of drug-likeness (QED) is 0.233. The zero-order valence-corrected chi connectivity index (χ0v) is 25.0. The number of morpholine rings is 1. The summed E-state index contributed by atoms with van der Waals surface area (Å²) in [4.78, 5) is 51.8. The lowest BCUT2D eigenvalue weighted by atomic mass is 9.95. The highest BCUT2D eigenvalue weighted by Gasteiger charge is 2.50. The molecular formula is C31H42N4O8. The number of aryl methyl sites for hydroxylation is 1. The van der Waals surface area contributed by atoms with E-state index in [1.165, 1.54) is 5.56 Å². The molecule has 0 aromatic heterocycles. The number of methoxy groups -OCH3 is 1. The van der Waals surface area contributed by atoms with Crippen LogP contribution in [0.5, 0.6) is 5.75 Å². The summed E-state index contributed by atoms with van der Waals surface area (Å²) in [6.45, 7) is 5.36. The fraction of sp³-hybridized carbons (Fsp3) is 0.484. The maximum atomic E-state index is 12.8. The molecule has 3 unspecified atom stereocenters. The van der Waals surface area contributed by atoms with Crippen molar-refractivity contribution in [3.8, 4) is 5.75 Å². The van der Waals surface area contributed by atoms with E-state index in [9.17, 15) is 24.3 Å². The summed E-state index contributed by atoms with van der Waals surface area (Å²) in [5.41, 5.74) is 1.22. The van der Waals surface area contributed by atoms with Crippen LogP contribution in [-0.4, -0.2) is 111 Å². The van der Waals surface area contributed by atoms with Gasteiger partial charge in [-0.25, -0.2) is 0 Å². The second-order valence-electron chi connectivity index (χ2n) is 10.6. The van der Waals surface area contributed by atoms with E-state index in [0.29, 0.717) is 32.9 Å². The third-order valence-corrected chi connectivity index (χ3v) is 7.02. The van der Waals surface area contributed by atoms with Crippen LogP contribution in [-0.2, 0) is 35.1 Å². The van der Waals surface area contributed by atoms with E-state index in [0.717, 1.165) is 11.3 Å². The molecule has 43 heavy (non-hydrogen) atoms. The van der Waals surface area contributed by atoms with E-state index in [2.05, 4.69) is 22.9 Å². The summed E-state index contributed by atoms with van der Waals surface area (Å²) < 4.78 is 15.4. The van der Waals surface area contributed by atoms with Gasteiger partial charge in [-0.15, -0.1) is 0 Å². The maximum absolute atomic E-state index is 12.8. The third-order valence-electron chi connectivity index (χ3n) is 7.02. The summed E-state index contributed by atoms with van der Waals surface area (Å²) in [5, 5.41) is 17.1. The molecule has 12 nitrogen and oxygen atoms in total. The normalized spacial score (nSPS) is 19.1. The Morgan fingerprint density at radius 3 is 2.19 bits per heavy atom. The van der Waals surface area contributed by atoms with E-state index < -0.39 is 48.6 Å². The number of ketones is 1. The monoisotopic (exact) mass is 598 g/mol. The highest BCUT2D eigenvalue weighted by molar-refractivity contribution is 5.97. The first-order chi connectivity index (χ1) is 20.6. The van der Waals surface area contributed by atoms with Gasteiger partial charge in [0.15, 0.2) is 5.78 Å². The molecule has 0 radical (unpaired) electrons. The maximum Gasteiger partial charge on any atom is 0.245 e. The number of epoxide rings is 1. The Labute approximate surface area is 252 Å². The Bertz CT molecular complexity index is 1200. The number of carbonyl (C=O) groups excluding carboxylic acids is 4. The molecule has 2 saturated heterocycles. The van der Waals surface area contributed by atoms with Crippen LogP contribution in [0.4, 0.5) is 0 Å². The number of nitrogens with zero attached hydrogens (tertiary/aromatic N) is 1. The molecular weight excluding hydrogens is 556 g/mol. The van der Waals surface area contributed by atoms with Crippen molar-refractivity contribution in [2.45, 2.75) is 38.0 Å². The van der Waals surface area contributed by atoms with Crippen molar-refractivity contribution in [1.82, 2.24) is 20.9 Å². The second-order valence-corrected chi connectivity index (χ2v) is 10.6. The summed E-state index contributed by atoms with van der Waals surface area (Å²) in [6, 6.07) is 15.2. The Morgan fingerprint density at radius 1 is 0.977 bits per heavy atom. The van der Waals surface area contributed by atoms with Gasteiger partial charge in [-0.3, -0.25) is 24.1 Å². The zero-order chi connectivity index (χ0) is 31.2. The Balaban J connectivity index is 0.000000480. The van der Waals surface area contributed by atoms with Crippen molar-refractivity contribution in [2.24, 2.45) is 0 Å². The van der Waals surface area contributed by atoms with Crippen molar-refractivity contribution < 1.29 is 38.5 Å². The van der Waals surface area contributed by atoms with Gasteiger partial charge >= 0.3 is 0 Å². The lowest BCUT2D eigenvalue weighted by Gasteiger charge is -2.26. The van der Waals surface area contributed by atoms with Crippen LogP contribution >= 0.6 is 0 Å². The summed E-state index contributed by atoms with van der Waals surface area (Å²) in [5.74, 6) is -0.994. The number of hydrogen-bond acceptors (Lipinski definition) is 9. The fourth-order valence-corrected chi connectivity index (χ4v) is 4.28. The van der Waals surface area contributed by atoms with Crippen LogP contribution in [0, 0.1) is 6.92 Å². The Morgan fingerprint density at radius 2 is 1.60 bits per heavy atom. The van der Waals surface area contributed by atoms with Gasteiger partial charge in [0.25, 0.3) is 0 Å². The molecule has 0 bridgehead atoms. The molecule has 2 aliphatic heterocycles. The molecule has 3 atom stereocenters. The summed E-state index contributed by atoms with van der Waals surface area (Å²) in [6.07, 6.45) is 0.287. The van der Waals surface area contributed by atoms with E-state index in [1.54, 1.807) is 14.0 Å². The molecule has 4 rings (SSSR count). The minimum Gasteiger partial charge on any atom is -0.497 e. The predicted octanol–water partition coefficient (Wildman–Crippen LogP) is 0.00102. The van der Waals surface area contributed by atoms with Crippen LogP contribution in [0.25, 0.3) is 0 Å². The molecule has 234 valence electrons.